The fourth-order valence-corrected chi connectivity index (χ4v) is 3.56. The highest BCUT2D eigenvalue weighted by Gasteiger charge is 2.20. The average Bonchev–Trinajstić information content (AvgIpc) is 2.99. The lowest BCUT2D eigenvalue weighted by atomic mass is 10.0. The number of carbonyl (C=O) groups excluding carboxylic acids is 1. The van der Waals surface area contributed by atoms with Crippen molar-refractivity contribution in [3.63, 3.8) is 0 Å². The van der Waals surface area contributed by atoms with Crippen molar-refractivity contribution in [3.05, 3.63) is 34.3 Å². The van der Waals surface area contributed by atoms with Crippen molar-refractivity contribution in [2.24, 2.45) is 5.92 Å². The van der Waals surface area contributed by atoms with Gasteiger partial charge in [0.25, 0.3) is 0 Å². The van der Waals surface area contributed by atoms with Gasteiger partial charge in [-0.25, -0.2) is 0 Å². The summed E-state index contributed by atoms with van der Waals surface area (Å²) in [5.41, 5.74) is 1.000. The van der Waals surface area contributed by atoms with E-state index in [2.05, 4.69) is 33.4 Å². The zero-order valence-corrected chi connectivity index (χ0v) is 14.2. The van der Waals surface area contributed by atoms with Crippen LogP contribution in [0.2, 0.25) is 0 Å². The van der Waals surface area contributed by atoms with Crippen LogP contribution in [-0.4, -0.2) is 19.1 Å². The Balaban J connectivity index is 1.67. The first-order valence-electron chi connectivity index (χ1n) is 7.68. The number of halogens is 1. The summed E-state index contributed by atoms with van der Waals surface area (Å²) in [5.74, 6) is 1.96. The molecule has 1 aromatic rings. The highest BCUT2D eigenvalue weighted by atomic mass is 79.9. The summed E-state index contributed by atoms with van der Waals surface area (Å²) in [6.45, 7) is 3.11. The molecule has 4 nitrogen and oxygen atoms in total. The predicted octanol–water partition coefficient (Wildman–Crippen LogP) is 3.75. The number of hydrogen-bond donors (Lipinski definition) is 1. The van der Waals surface area contributed by atoms with Gasteiger partial charge in [-0.2, -0.15) is 0 Å². The van der Waals surface area contributed by atoms with Crippen LogP contribution in [0.1, 0.15) is 37.8 Å². The van der Waals surface area contributed by atoms with Gasteiger partial charge in [-0.3, -0.25) is 4.79 Å². The van der Waals surface area contributed by atoms with Crippen molar-refractivity contribution in [1.29, 1.82) is 0 Å². The standard InChI is InChI=1S/C17H20BrNO3/c1-11(19-17(20)8-12-4-2-3-5-12)13-9-15-16(10-14(13)18)22-7-6-21-15/h2,4,9-12H,3,5-8H2,1H3,(H,19,20)/t11-,12-/m1/s1. The Hall–Kier alpha value is -1.49. The molecule has 2 atom stereocenters. The smallest absolute Gasteiger partial charge is 0.221 e. The van der Waals surface area contributed by atoms with Gasteiger partial charge in [0.1, 0.15) is 13.2 Å². The van der Waals surface area contributed by atoms with E-state index in [0.29, 0.717) is 25.6 Å². The van der Waals surface area contributed by atoms with E-state index in [0.717, 1.165) is 34.4 Å². The largest absolute Gasteiger partial charge is 0.486 e. The summed E-state index contributed by atoms with van der Waals surface area (Å²) in [6.07, 6.45) is 7.02. The summed E-state index contributed by atoms with van der Waals surface area (Å²) >= 11 is 3.56. The summed E-state index contributed by atoms with van der Waals surface area (Å²) < 4.78 is 12.1. The molecular weight excluding hydrogens is 346 g/mol. The van der Waals surface area contributed by atoms with Gasteiger partial charge in [0.15, 0.2) is 11.5 Å². The Morgan fingerprint density at radius 3 is 2.77 bits per heavy atom. The third-order valence-electron chi connectivity index (χ3n) is 4.07. The number of nitrogens with one attached hydrogen (secondary N) is 1. The lowest BCUT2D eigenvalue weighted by Crippen LogP contribution is -2.28. The van der Waals surface area contributed by atoms with E-state index in [1.54, 1.807) is 0 Å². The minimum Gasteiger partial charge on any atom is -0.486 e. The minimum absolute atomic E-state index is 0.0805. The van der Waals surface area contributed by atoms with Gasteiger partial charge in [-0.1, -0.05) is 28.1 Å². The Kier molecular flexibility index (Phi) is 4.71. The number of hydrogen-bond acceptors (Lipinski definition) is 3. The summed E-state index contributed by atoms with van der Waals surface area (Å²) in [7, 11) is 0. The molecule has 22 heavy (non-hydrogen) atoms. The molecule has 1 aromatic carbocycles. The first-order valence-corrected chi connectivity index (χ1v) is 8.48. The Morgan fingerprint density at radius 1 is 1.36 bits per heavy atom. The Bertz CT molecular complexity index is 600. The quantitative estimate of drug-likeness (QED) is 0.826. The van der Waals surface area contributed by atoms with Crippen molar-refractivity contribution in [3.8, 4) is 11.5 Å². The van der Waals surface area contributed by atoms with E-state index in [-0.39, 0.29) is 11.9 Å². The van der Waals surface area contributed by atoms with Gasteiger partial charge in [-0.15, -0.1) is 0 Å². The SMILES string of the molecule is C[C@@H](NC(=O)C[C@@H]1C=CCC1)c1cc2c(cc1Br)OCCO2. The monoisotopic (exact) mass is 365 g/mol. The molecule has 1 N–H and O–H groups in total. The Morgan fingerprint density at radius 2 is 2.09 bits per heavy atom. The van der Waals surface area contributed by atoms with Gasteiger partial charge < -0.3 is 14.8 Å². The molecule has 1 amide bonds. The number of allylic oxidation sites excluding steroid dienone is 2. The van der Waals surface area contributed by atoms with Crippen molar-refractivity contribution >= 4 is 21.8 Å². The first kappa shape index (κ1) is 15.4. The van der Waals surface area contributed by atoms with Crippen molar-refractivity contribution in [1.82, 2.24) is 5.32 Å². The lowest BCUT2D eigenvalue weighted by Gasteiger charge is -2.22. The molecule has 0 aromatic heterocycles. The highest BCUT2D eigenvalue weighted by Crippen LogP contribution is 2.37. The second-order valence-electron chi connectivity index (χ2n) is 5.78. The molecule has 3 rings (SSSR count). The molecule has 1 aliphatic carbocycles. The molecule has 0 radical (unpaired) electrons. The van der Waals surface area contributed by atoms with Crippen molar-refractivity contribution < 1.29 is 14.3 Å². The van der Waals surface area contributed by atoms with Crippen LogP contribution in [0.15, 0.2) is 28.8 Å². The number of amides is 1. The van der Waals surface area contributed by atoms with Crippen LogP contribution < -0.4 is 14.8 Å². The third-order valence-corrected chi connectivity index (χ3v) is 4.75. The van der Waals surface area contributed by atoms with Crippen LogP contribution in [0, 0.1) is 5.92 Å². The van der Waals surface area contributed by atoms with Gasteiger partial charge in [0.2, 0.25) is 5.91 Å². The van der Waals surface area contributed by atoms with E-state index >= 15 is 0 Å². The fourth-order valence-electron chi connectivity index (χ4n) is 2.89. The second-order valence-corrected chi connectivity index (χ2v) is 6.63. The summed E-state index contributed by atoms with van der Waals surface area (Å²) in [4.78, 5) is 12.2. The molecule has 0 saturated heterocycles. The molecule has 0 bridgehead atoms. The van der Waals surface area contributed by atoms with Gasteiger partial charge in [0, 0.05) is 10.9 Å². The minimum atomic E-state index is -0.0805. The highest BCUT2D eigenvalue weighted by molar-refractivity contribution is 9.10. The van der Waals surface area contributed by atoms with Gasteiger partial charge in [0.05, 0.1) is 6.04 Å². The maximum atomic E-state index is 12.2. The van der Waals surface area contributed by atoms with Gasteiger partial charge in [-0.05, 0) is 43.4 Å². The summed E-state index contributed by atoms with van der Waals surface area (Å²) in [6, 6.07) is 3.77. The maximum Gasteiger partial charge on any atom is 0.221 e. The number of benzene rings is 1. The molecule has 0 unspecified atom stereocenters. The molecule has 0 spiro atoms. The van der Waals surface area contributed by atoms with E-state index in [1.807, 2.05) is 19.1 Å². The third kappa shape index (κ3) is 3.46. The summed E-state index contributed by atoms with van der Waals surface area (Å²) in [5, 5.41) is 3.07. The molecular formula is C17H20BrNO3. The molecule has 0 fully saturated rings. The normalized spacial score (nSPS) is 20.7. The topological polar surface area (TPSA) is 47.6 Å². The number of ether oxygens (including phenoxy) is 2. The molecule has 118 valence electrons. The first-order chi connectivity index (χ1) is 10.6. The van der Waals surface area contributed by atoms with E-state index in [4.69, 9.17) is 9.47 Å². The van der Waals surface area contributed by atoms with Crippen LogP contribution in [0.5, 0.6) is 11.5 Å². The van der Waals surface area contributed by atoms with Crippen LogP contribution >= 0.6 is 15.9 Å². The zero-order valence-electron chi connectivity index (χ0n) is 12.6. The molecule has 5 heteroatoms. The molecule has 2 aliphatic rings. The molecule has 1 heterocycles. The van der Waals surface area contributed by atoms with Crippen LogP contribution in [-0.2, 0) is 4.79 Å². The van der Waals surface area contributed by atoms with E-state index < -0.39 is 0 Å². The number of rotatable bonds is 4. The van der Waals surface area contributed by atoms with E-state index in [1.165, 1.54) is 0 Å². The predicted molar refractivity (Wildman–Crippen MR) is 88.2 cm³/mol. The maximum absolute atomic E-state index is 12.2. The van der Waals surface area contributed by atoms with Gasteiger partial charge >= 0.3 is 0 Å². The number of fused-ring (bicyclic) bond motifs is 1. The van der Waals surface area contributed by atoms with Crippen LogP contribution in [0.3, 0.4) is 0 Å². The van der Waals surface area contributed by atoms with Crippen LogP contribution in [0.4, 0.5) is 0 Å². The second kappa shape index (κ2) is 6.73. The zero-order chi connectivity index (χ0) is 15.5. The van der Waals surface area contributed by atoms with Crippen molar-refractivity contribution in [2.45, 2.75) is 32.2 Å². The van der Waals surface area contributed by atoms with E-state index in [9.17, 15) is 4.79 Å². The van der Waals surface area contributed by atoms with Crippen molar-refractivity contribution in [2.75, 3.05) is 13.2 Å². The average molecular weight is 366 g/mol. The van der Waals surface area contributed by atoms with Crippen LogP contribution in [0.25, 0.3) is 0 Å². The Labute approximate surface area is 139 Å². The molecule has 0 saturated carbocycles. The fraction of sp³-hybridized carbons (Fsp3) is 0.471. The number of carbonyl (C=O) groups is 1. The lowest BCUT2D eigenvalue weighted by molar-refractivity contribution is -0.122. The molecule has 1 aliphatic heterocycles.